The van der Waals surface area contributed by atoms with E-state index in [1.165, 1.54) is 26.2 Å². The third kappa shape index (κ3) is 7.01. The maximum Gasteiger partial charge on any atom is 0.241 e. The van der Waals surface area contributed by atoms with E-state index in [0.29, 0.717) is 38.5 Å². The highest BCUT2D eigenvalue weighted by molar-refractivity contribution is 7.89. The molecule has 2 amide bonds. The number of nitrogens with zero attached hydrogens (tertiary/aromatic N) is 2. The van der Waals surface area contributed by atoms with Crippen molar-refractivity contribution in [3.05, 3.63) is 60.2 Å². The molecule has 0 unspecified atom stereocenters. The zero-order valence-corrected chi connectivity index (χ0v) is 19.7. The molecule has 2 aromatic carbocycles. The van der Waals surface area contributed by atoms with Crippen LogP contribution in [0.25, 0.3) is 0 Å². The van der Waals surface area contributed by atoms with Crippen molar-refractivity contribution in [1.82, 2.24) is 19.8 Å². The maximum atomic E-state index is 12.8. The standard InChI is InChI=1S/C23H30N4O5S/c1-18(25-33(30,31)21-10-8-20(32-2)9-11-21)23(29)27-14-12-26(13-15-27)17-22(28)24-16-19-6-4-3-5-7-19/h3-11,18,25H,12-17H2,1-2H3,(H,24,28)/t18-/m0/s1. The van der Waals surface area contributed by atoms with Crippen LogP contribution in [0.3, 0.4) is 0 Å². The van der Waals surface area contributed by atoms with Crippen LogP contribution in [0.15, 0.2) is 59.5 Å². The van der Waals surface area contributed by atoms with Crippen LogP contribution in [-0.4, -0.2) is 75.9 Å². The Labute approximate surface area is 194 Å². The van der Waals surface area contributed by atoms with Crippen LogP contribution in [0.2, 0.25) is 0 Å². The van der Waals surface area contributed by atoms with Gasteiger partial charge in [-0.25, -0.2) is 8.42 Å². The van der Waals surface area contributed by atoms with Gasteiger partial charge in [-0.1, -0.05) is 30.3 Å². The fraction of sp³-hybridized carbons (Fsp3) is 0.391. The van der Waals surface area contributed by atoms with Crippen molar-refractivity contribution in [2.75, 3.05) is 39.8 Å². The van der Waals surface area contributed by atoms with Gasteiger partial charge in [-0.3, -0.25) is 14.5 Å². The smallest absolute Gasteiger partial charge is 0.241 e. The molecule has 10 heteroatoms. The summed E-state index contributed by atoms with van der Waals surface area (Å²) >= 11 is 0. The number of rotatable bonds is 9. The third-order valence-corrected chi connectivity index (χ3v) is 7.01. The molecule has 0 bridgehead atoms. The lowest BCUT2D eigenvalue weighted by Crippen LogP contribution is -2.55. The lowest BCUT2D eigenvalue weighted by Gasteiger charge is -2.35. The Morgan fingerprint density at radius 2 is 1.64 bits per heavy atom. The lowest BCUT2D eigenvalue weighted by molar-refractivity contribution is -0.134. The molecular weight excluding hydrogens is 444 g/mol. The molecule has 178 valence electrons. The van der Waals surface area contributed by atoms with Crippen LogP contribution in [0.4, 0.5) is 0 Å². The second-order valence-corrected chi connectivity index (χ2v) is 9.60. The van der Waals surface area contributed by atoms with E-state index in [0.717, 1.165) is 5.56 Å². The van der Waals surface area contributed by atoms with E-state index in [2.05, 4.69) is 10.0 Å². The Hall–Kier alpha value is -2.95. The summed E-state index contributed by atoms with van der Waals surface area (Å²) in [5.74, 6) is 0.184. The number of piperazine rings is 1. The van der Waals surface area contributed by atoms with Gasteiger partial charge in [0.05, 0.1) is 24.6 Å². The summed E-state index contributed by atoms with van der Waals surface area (Å²) in [7, 11) is -2.34. The Morgan fingerprint density at radius 1 is 1.00 bits per heavy atom. The Morgan fingerprint density at radius 3 is 2.24 bits per heavy atom. The highest BCUT2D eigenvalue weighted by Crippen LogP contribution is 2.16. The Balaban J connectivity index is 1.44. The van der Waals surface area contributed by atoms with E-state index < -0.39 is 16.1 Å². The first-order valence-corrected chi connectivity index (χ1v) is 12.2. The highest BCUT2D eigenvalue weighted by Gasteiger charge is 2.28. The highest BCUT2D eigenvalue weighted by atomic mass is 32.2. The van der Waals surface area contributed by atoms with E-state index in [4.69, 9.17) is 4.74 Å². The van der Waals surface area contributed by atoms with Crippen molar-refractivity contribution in [2.45, 2.75) is 24.4 Å². The van der Waals surface area contributed by atoms with Gasteiger partial charge in [0.25, 0.3) is 0 Å². The van der Waals surface area contributed by atoms with Crippen LogP contribution in [0, 0.1) is 0 Å². The number of carbonyl (C=O) groups is 2. The van der Waals surface area contributed by atoms with Gasteiger partial charge in [-0.2, -0.15) is 4.72 Å². The molecule has 0 radical (unpaired) electrons. The van der Waals surface area contributed by atoms with E-state index >= 15 is 0 Å². The zero-order valence-electron chi connectivity index (χ0n) is 18.9. The molecule has 1 atom stereocenters. The molecule has 33 heavy (non-hydrogen) atoms. The molecule has 0 aliphatic carbocycles. The maximum absolute atomic E-state index is 12.8. The second kappa shape index (κ2) is 11.3. The molecule has 1 fully saturated rings. The van der Waals surface area contributed by atoms with Crippen molar-refractivity contribution in [3.63, 3.8) is 0 Å². The van der Waals surface area contributed by atoms with Gasteiger partial charge < -0.3 is 15.0 Å². The SMILES string of the molecule is COc1ccc(S(=O)(=O)N[C@@H](C)C(=O)N2CCN(CC(=O)NCc3ccccc3)CC2)cc1. The molecule has 2 N–H and O–H groups in total. The van der Waals surface area contributed by atoms with Gasteiger partial charge in [0.2, 0.25) is 21.8 Å². The number of hydrogen-bond acceptors (Lipinski definition) is 6. The molecule has 3 rings (SSSR count). The van der Waals surface area contributed by atoms with Crippen molar-refractivity contribution in [1.29, 1.82) is 0 Å². The number of methoxy groups -OCH3 is 1. The topological polar surface area (TPSA) is 108 Å². The van der Waals surface area contributed by atoms with Crippen LogP contribution < -0.4 is 14.8 Å². The van der Waals surface area contributed by atoms with Crippen LogP contribution in [-0.2, 0) is 26.2 Å². The van der Waals surface area contributed by atoms with Crippen LogP contribution in [0.1, 0.15) is 12.5 Å². The van der Waals surface area contributed by atoms with Gasteiger partial charge in [-0.05, 0) is 36.8 Å². The minimum Gasteiger partial charge on any atom is -0.497 e. The molecule has 1 aliphatic heterocycles. The van der Waals surface area contributed by atoms with E-state index in [-0.39, 0.29) is 23.3 Å². The van der Waals surface area contributed by atoms with Crippen molar-refractivity contribution < 1.29 is 22.7 Å². The van der Waals surface area contributed by atoms with Gasteiger partial charge in [0, 0.05) is 32.7 Å². The lowest BCUT2D eigenvalue weighted by atomic mass is 10.2. The summed E-state index contributed by atoms with van der Waals surface area (Å²) in [4.78, 5) is 28.7. The second-order valence-electron chi connectivity index (χ2n) is 7.88. The summed E-state index contributed by atoms with van der Waals surface area (Å²) < 4.78 is 32.7. The first-order valence-electron chi connectivity index (χ1n) is 10.8. The summed E-state index contributed by atoms with van der Waals surface area (Å²) in [6.45, 7) is 4.22. The first-order chi connectivity index (χ1) is 15.8. The minimum atomic E-state index is -3.84. The van der Waals surface area contributed by atoms with Crippen molar-refractivity contribution in [3.8, 4) is 5.75 Å². The third-order valence-electron chi connectivity index (χ3n) is 5.46. The first kappa shape index (κ1) is 24.7. The molecule has 0 spiro atoms. The van der Waals surface area contributed by atoms with E-state index in [1.807, 2.05) is 35.2 Å². The van der Waals surface area contributed by atoms with Crippen molar-refractivity contribution >= 4 is 21.8 Å². The van der Waals surface area contributed by atoms with Crippen molar-refractivity contribution in [2.24, 2.45) is 0 Å². The van der Waals surface area contributed by atoms with Crippen LogP contribution in [0.5, 0.6) is 5.75 Å². The predicted octanol–water partition coefficient (Wildman–Crippen LogP) is 0.823. The van der Waals surface area contributed by atoms with Gasteiger partial charge in [0.15, 0.2) is 0 Å². The van der Waals surface area contributed by atoms with Gasteiger partial charge in [0.1, 0.15) is 5.75 Å². The fourth-order valence-electron chi connectivity index (χ4n) is 3.56. The molecule has 9 nitrogen and oxygen atoms in total. The molecule has 1 heterocycles. The normalized spacial score (nSPS) is 15.6. The molecule has 0 aromatic heterocycles. The molecule has 0 saturated carbocycles. The number of nitrogens with one attached hydrogen (secondary N) is 2. The number of sulfonamides is 1. The average molecular weight is 475 g/mol. The molecule has 2 aromatic rings. The average Bonchev–Trinajstić information content (AvgIpc) is 2.83. The predicted molar refractivity (Wildman–Crippen MR) is 124 cm³/mol. The summed E-state index contributed by atoms with van der Waals surface area (Å²) in [6, 6.07) is 14.7. The fourth-order valence-corrected chi connectivity index (χ4v) is 4.76. The van der Waals surface area contributed by atoms with E-state index in [9.17, 15) is 18.0 Å². The summed E-state index contributed by atoms with van der Waals surface area (Å²) in [5.41, 5.74) is 1.03. The van der Waals surface area contributed by atoms with Crippen LogP contribution >= 0.6 is 0 Å². The Kier molecular flexibility index (Phi) is 8.43. The van der Waals surface area contributed by atoms with Gasteiger partial charge >= 0.3 is 0 Å². The largest absolute Gasteiger partial charge is 0.497 e. The zero-order chi connectivity index (χ0) is 23.8. The monoisotopic (exact) mass is 474 g/mol. The number of hydrogen-bond donors (Lipinski definition) is 2. The molecule has 1 aliphatic rings. The quantitative estimate of drug-likeness (QED) is 0.557. The molecular formula is C23H30N4O5S. The minimum absolute atomic E-state index is 0.0642. The summed E-state index contributed by atoms with van der Waals surface area (Å²) in [6.07, 6.45) is 0. The number of carbonyl (C=O) groups excluding carboxylic acids is 2. The number of amides is 2. The van der Waals surface area contributed by atoms with E-state index in [1.54, 1.807) is 17.0 Å². The Bertz CT molecular complexity index is 1040. The number of benzene rings is 2. The summed E-state index contributed by atoms with van der Waals surface area (Å²) in [5, 5.41) is 2.90. The van der Waals surface area contributed by atoms with Gasteiger partial charge in [-0.15, -0.1) is 0 Å². The molecule has 1 saturated heterocycles. The number of ether oxygens (including phenoxy) is 1.